The van der Waals surface area contributed by atoms with E-state index in [0.717, 1.165) is 64.2 Å². The number of allylic oxidation sites excluding steroid dienone is 7. The summed E-state index contributed by atoms with van der Waals surface area (Å²) in [5, 5.41) is 121. The lowest BCUT2D eigenvalue weighted by molar-refractivity contribution is -0.379. The molecule has 0 aromatic heterocycles. The van der Waals surface area contributed by atoms with Crippen LogP contribution in [0.1, 0.15) is 341 Å². The van der Waals surface area contributed by atoms with Gasteiger partial charge in [0.25, 0.3) is 0 Å². The lowest BCUT2D eigenvalue weighted by atomic mass is 9.96. The number of carbonyl (C=O) groups excluding carboxylic acids is 1. The molecule has 0 radical (unpaired) electrons. The van der Waals surface area contributed by atoms with Crippen molar-refractivity contribution in [3.63, 3.8) is 0 Å². The monoisotopic (exact) mass is 1450 g/mol. The third-order valence-corrected chi connectivity index (χ3v) is 20.9. The summed E-state index contributed by atoms with van der Waals surface area (Å²) in [6, 6.07) is -0.977. The molecule has 3 saturated heterocycles. The van der Waals surface area contributed by atoms with Crippen LogP contribution in [0.3, 0.4) is 0 Å². The first-order chi connectivity index (χ1) is 49.8. The SMILES string of the molecule is CCCCCCC/C=C\C/C=C\C/C=C\CCCCCCCCCCCCCCC(=O)NC(COC1OC(CO)C(OC2OC(CO)C(OC3OC(CO)C(O)C(O)C3O)C(O)C2O)C(O)C1O)C(O)/C=C/CCCCCCCCCCCCCCCCCCCCCCCCCCCCCC. The zero-order valence-corrected chi connectivity index (χ0v) is 64.1. The van der Waals surface area contributed by atoms with Gasteiger partial charge in [-0.1, -0.05) is 326 Å². The molecule has 3 aliphatic rings. The quantitative estimate of drug-likeness (QED) is 0.0199. The molecule has 0 aliphatic carbocycles. The van der Waals surface area contributed by atoms with Crippen LogP contribution in [0.15, 0.2) is 48.6 Å². The summed E-state index contributed by atoms with van der Waals surface area (Å²) in [6.45, 7) is 1.77. The van der Waals surface area contributed by atoms with Crippen molar-refractivity contribution in [2.45, 2.75) is 446 Å². The molecule has 1 amide bonds. The first-order valence-corrected chi connectivity index (χ1v) is 41.9. The maximum Gasteiger partial charge on any atom is 0.220 e. The van der Waals surface area contributed by atoms with Crippen molar-refractivity contribution in [3.05, 3.63) is 48.6 Å². The maximum absolute atomic E-state index is 13.5. The van der Waals surface area contributed by atoms with Crippen molar-refractivity contribution in [2.75, 3.05) is 26.4 Å². The van der Waals surface area contributed by atoms with Gasteiger partial charge in [-0.25, -0.2) is 0 Å². The molecule has 17 atom stereocenters. The number of hydrogen-bond acceptors (Lipinski definition) is 18. The summed E-state index contributed by atoms with van der Waals surface area (Å²) in [6.07, 6.45) is 53.8. The first kappa shape index (κ1) is 94.0. The minimum atomic E-state index is -1.98. The van der Waals surface area contributed by atoms with E-state index < -0.39 is 124 Å². The van der Waals surface area contributed by atoms with Crippen molar-refractivity contribution in [3.8, 4) is 0 Å². The third kappa shape index (κ3) is 43.1. The molecule has 0 saturated carbocycles. The number of aliphatic hydroxyl groups excluding tert-OH is 11. The van der Waals surface area contributed by atoms with Crippen LogP contribution >= 0.6 is 0 Å². The van der Waals surface area contributed by atoms with Gasteiger partial charge < -0.3 is 89.9 Å². The molecule has 19 heteroatoms. The molecule has 0 bridgehead atoms. The van der Waals surface area contributed by atoms with E-state index in [4.69, 9.17) is 28.4 Å². The van der Waals surface area contributed by atoms with Gasteiger partial charge in [-0.05, 0) is 57.8 Å². The number of amides is 1. The highest BCUT2D eigenvalue weighted by molar-refractivity contribution is 5.76. The summed E-state index contributed by atoms with van der Waals surface area (Å²) in [5.74, 6) is -0.274. The number of carbonyl (C=O) groups is 1. The van der Waals surface area contributed by atoms with Crippen LogP contribution in [0.5, 0.6) is 0 Å². The van der Waals surface area contributed by atoms with Gasteiger partial charge in [0, 0.05) is 6.42 Å². The van der Waals surface area contributed by atoms with Crippen LogP contribution < -0.4 is 5.32 Å². The summed E-state index contributed by atoms with van der Waals surface area (Å²) in [5.41, 5.74) is 0. The Balaban J connectivity index is 1.37. The Morgan fingerprint density at radius 1 is 0.353 bits per heavy atom. The highest BCUT2D eigenvalue weighted by Gasteiger charge is 2.54. The smallest absolute Gasteiger partial charge is 0.220 e. The minimum Gasteiger partial charge on any atom is -0.394 e. The van der Waals surface area contributed by atoms with Gasteiger partial charge in [0.05, 0.1) is 38.6 Å². The van der Waals surface area contributed by atoms with E-state index in [2.05, 4.69) is 55.6 Å². The fraction of sp³-hybridized carbons (Fsp3) is 0.892. The van der Waals surface area contributed by atoms with E-state index >= 15 is 0 Å². The average Bonchev–Trinajstić information content (AvgIpc) is 0.782. The molecule has 0 spiro atoms. The van der Waals surface area contributed by atoms with E-state index in [9.17, 15) is 61.0 Å². The zero-order valence-electron chi connectivity index (χ0n) is 64.1. The number of unbranched alkanes of at least 4 members (excludes halogenated alkanes) is 45. The number of rotatable bonds is 67. The van der Waals surface area contributed by atoms with Gasteiger partial charge in [0.2, 0.25) is 5.91 Å². The molecule has 102 heavy (non-hydrogen) atoms. The molecule has 3 heterocycles. The third-order valence-electron chi connectivity index (χ3n) is 20.9. The molecule has 0 aromatic carbocycles. The maximum atomic E-state index is 13.5. The molecule has 3 rings (SSSR count). The normalized spacial score (nSPS) is 26.4. The number of nitrogens with one attached hydrogen (secondary N) is 1. The lowest BCUT2D eigenvalue weighted by Crippen LogP contribution is -2.66. The van der Waals surface area contributed by atoms with Gasteiger partial charge >= 0.3 is 0 Å². The lowest BCUT2D eigenvalue weighted by Gasteiger charge is -2.48. The fourth-order valence-electron chi connectivity index (χ4n) is 14.1. The van der Waals surface area contributed by atoms with Crippen LogP contribution in [-0.2, 0) is 33.2 Å². The Kier molecular flexibility index (Phi) is 58.6. The topological polar surface area (TPSA) is 307 Å². The number of hydrogen-bond donors (Lipinski definition) is 12. The van der Waals surface area contributed by atoms with Crippen LogP contribution in [0.4, 0.5) is 0 Å². The van der Waals surface area contributed by atoms with Crippen molar-refractivity contribution >= 4 is 5.91 Å². The molecule has 17 unspecified atom stereocenters. The highest BCUT2D eigenvalue weighted by atomic mass is 16.8. The predicted molar refractivity (Wildman–Crippen MR) is 406 cm³/mol. The van der Waals surface area contributed by atoms with E-state index in [1.807, 2.05) is 6.08 Å². The van der Waals surface area contributed by atoms with Gasteiger partial charge in [0.1, 0.15) is 73.2 Å². The van der Waals surface area contributed by atoms with Crippen molar-refractivity contribution < 1.29 is 89.4 Å². The molecule has 19 nitrogen and oxygen atoms in total. The zero-order chi connectivity index (χ0) is 73.9. The van der Waals surface area contributed by atoms with E-state index in [-0.39, 0.29) is 18.9 Å². The van der Waals surface area contributed by atoms with E-state index in [1.165, 1.54) is 250 Å². The van der Waals surface area contributed by atoms with Gasteiger partial charge in [-0.2, -0.15) is 0 Å². The Morgan fingerprint density at radius 2 is 0.647 bits per heavy atom. The molecule has 3 fully saturated rings. The molecule has 12 N–H and O–H groups in total. The molecule has 598 valence electrons. The minimum absolute atomic E-state index is 0.241. The summed E-state index contributed by atoms with van der Waals surface area (Å²) >= 11 is 0. The Morgan fingerprint density at radius 3 is 1.01 bits per heavy atom. The van der Waals surface area contributed by atoms with Gasteiger partial charge in [-0.15, -0.1) is 0 Å². The largest absolute Gasteiger partial charge is 0.394 e. The second-order valence-electron chi connectivity index (χ2n) is 29.9. The molecular weight excluding hydrogens is 1300 g/mol. The van der Waals surface area contributed by atoms with Crippen LogP contribution in [0, 0.1) is 0 Å². The Labute approximate surface area is 618 Å². The van der Waals surface area contributed by atoms with Gasteiger partial charge in [-0.3, -0.25) is 4.79 Å². The second kappa shape index (κ2) is 63.7. The standard InChI is InChI=1S/C83H153NO18/c1-3-5-7-9-11-13-15-17-19-21-23-25-27-29-31-32-33-35-36-38-40-42-44-46-48-50-52-54-56-58-60-67(88)66(84-71(89)61-59-57-55-53-51-49-47-45-43-41-39-37-34-30-28-26-24-22-20-18-16-14-12-10-8-6-4-2)65-97-81-77(95)74(92)79(69(63-86)99-81)102-83-78(96)75(93)80(70(64-87)100-83)101-82-76(94)73(91)72(90)68(62-85)98-82/h16,18,22,24,28,30,58,60,66-70,72-83,85-88,90-96H,3-15,17,19-21,23,25-27,29,31-57,59,61-65H2,1-2H3,(H,84,89)/b18-16-,24-22-,30-28-,60-58+. The van der Waals surface area contributed by atoms with Crippen LogP contribution in [0.2, 0.25) is 0 Å². The van der Waals surface area contributed by atoms with Gasteiger partial charge in [0.15, 0.2) is 18.9 Å². The van der Waals surface area contributed by atoms with Crippen molar-refractivity contribution in [2.24, 2.45) is 0 Å². The number of ether oxygens (including phenoxy) is 6. The van der Waals surface area contributed by atoms with E-state index in [1.54, 1.807) is 6.08 Å². The van der Waals surface area contributed by atoms with E-state index in [0.29, 0.717) is 6.42 Å². The predicted octanol–water partition coefficient (Wildman–Crippen LogP) is 14.5. The fourth-order valence-corrected chi connectivity index (χ4v) is 14.1. The number of aliphatic hydroxyl groups is 11. The molecular formula is C83H153NO18. The van der Waals surface area contributed by atoms with Crippen molar-refractivity contribution in [1.29, 1.82) is 0 Å². The summed E-state index contributed by atoms with van der Waals surface area (Å²) < 4.78 is 34.5. The first-order valence-electron chi connectivity index (χ1n) is 41.9. The van der Waals surface area contributed by atoms with Crippen LogP contribution in [-0.4, -0.2) is 193 Å². The summed E-state index contributed by atoms with van der Waals surface area (Å²) in [4.78, 5) is 13.5. The Hall–Kier alpha value is -2.25. The summed E-state index contributed by atoms with van der Waals surface area (Å²) in [7, 11) is 0. The second-order valence-corrected chi connectivity index (χ2v) is 29.9. The highest BCUT2D eigenvalue weighted by Crippen LogP contribution is 2.33. The van der Waals surface area contributed by atoms with Crippen molar-refractivity contribution in [1.82, 2.24) is 5.32 Å². The Bertz CT molecular complexity index is 2030. The van der Waals surface area contributed by atoms with Crippen LogP contribution in [0.25, 0.3) is 0 Å². The molecule has 3 aliphatic heterocycles. The molecule has 0 aromatic rings. The average molecular weight is 1450 g/mol.